The molecule has 21 heavy (non-hydrogen) atoms. The highest BCUT2D eigenvalue weighted by Crippen LogP contribution is 2.34. The molecule has 7 heteroatoms. The minimum atomic E-state index is -3.51. The molecule has 1 aromatic rings. The highest BCUT2D eigenvalue weighted by Gasteiger charge is 2.26. The van der Waals surface area contributed by atoms with Crippen LogP contribution in [0, 0.1) is 19.3 Å². The summed E-state index contributed by atoms with van der Waals surface area (Å²) in [4.78, 5) is 12.9. The zero-order valence-electron chi connectivity index (χ0n) is 13.4. The van der Waals surface area contributed by atoms with Crippen molar-refractivity contribution in [3.63, 3.8) is 0 Å². The van der Waals surface area contributed by atoms with Gasteiger partial charge < -0.3 is 4.74 Å². The molecule has 0 spiro atoms. The van der Waals surface area contributed by atoms with Gasteiger partial charge in [0.25, 0.3) is 0 Å². The molecule has 0 unspecified atom stereocenters. The molecule has 0 radical (unpaired) electrons. The Balaban J connectivity index is 3.15. The summed E-state index contributed by atoms with van der Waals surface area (Å²) in [5, 5.41) is 0.340. The molecule has 0 aromatic carbocycles. The Kier molecular flexibility index (Phi) is 5.44. The molecule has 1 rings (SSSR count). The molecule has 0 saturated heterocycles. The van der Waals surface area contributed by atoms with Crippen molar-refractivity contribution < 1.29 is 17.9 Å². The Morgan fingerprint density at radius 2 is 1.86 bits per heavy atom. The molecule has 0 amide bonds. The highest BCUT2D eigenvalue weighted by molar-refractivity contribution is 7.92. The second kappa shape index (κ2) is 6.36. The smallest absolute Gasteiger partial charge is 0.341 e. The summed E-state index contributed by atoms with van der Waals surface area (Å²) in [5.41, 5.74) is 0.709. The molecule has 0 aliphatic heterocycles. The van der Waals surface area contributed by atoms with E-state index in [0.717, 1.165) is 10.4 Å². The monoisotopic (exact) mass is 333 g/mol. The lowest BCUT2D eigenvalue weighted by Crippen LogP contribution is -2.26. The Labute approximate surface area is 130 Å². The van der Waals surface area contributed by atoms with Gasteiger partial charge in [0.1, 0.15) is 5.00 Å². The number of carbonyl (C=O) groups is 1. The Morgan fingerprint density at radius 1 is 1.29 bits per heavy atom. The number of rotatable bonds is 5. The zero-order valence-corrected chi connectivity index (χ0v) is 15.0. The molecular weight excluding hydrogens is 310 g/mol. The fourth-order valence-electron chi connectivity index (χ4n) is 1.90. The van der Waals surface area contributed by atoms with Crippen LogP contribution in [0.4, 0.5) is 5.00 Å². The standard InChI is InChI=1S/C14H23NO4S2/c1-7-19-13(16)11-9(2)10(3)20-12(11)15-21(17,18)8-14(4,5)6/h15H,7-8H2,1-6H3. The molecule has 5 nitrogen and oxygen atoms in total. The number of thiophene rings is 1. The first-order chi connectivity index (χ1) is 9.47. The van der Waals surface area contributed by atoms with Crippen molar-refractivity contribution >= 4 is 32.3 Å². The molecule has 0 saturated carbocycles. The van der Waals surface area contributed by atoms with E-state index in [-0.39, 0.29) is 17.8 Å². The maximum Gasteiger partial charge on any atom is 0.341 e. The summed E-state index contributed by atoms with van der Waals surface area (Å²) in [7, 11) is -3.51. The van der Waals surface area contributed by atoms with Gasteiger partial charge in [0.15, 0.2) is 0 Å². The van der Waals surface area contributed by atoms with E-state index in [4.69, 9.17) is 4.74 Å². The molecule has 1 aromatic heterocycles. The van der Waals surface area contributed by atoms with Crippen molar-refractivity contribution in [2.24, 2.45) is 5.41 Å². The Hall–Kier alpha value is -1.08. The summed E-state index contributed by atoms with van der Waals surface area (Å²) < 4.78 is 32.0. The fourth-order valence-corrected chi connectivity index (χ4v) is 4.94. The van der Waals surface area contributed by atoms with Crippen LogP contribution in [0.5, 0.6) is 0 Å². The molecule has 120 valence electrons. The number of esters is 1. The van der Waals surface area contributed by atoms with E-state index in [1.54, 1.807) is 13.8 Å². The highest BCUT2D eigenvalue weighted by atomic mass is 32.2. The topological polar surface area (TPSA) is 72.5 Å². The Bertz CT molecular complexity index is 624. The van der Waals surface area contributed by atoms with Crippen LogP contribution in [0.15, 0.2) is 0 Å². The fraction of sp³-hybridized carbons (Fsp3) is 0.643. The maximum atomic E-state index is 12.2. The SMILES string of the molecule is CCOC(=O)c1c(NS(=O)(=O)CC(C)(C)C)sc(C)c1C. The third-order valence-corrected chi connectivity index (χ3v) is 5.75. The van der Waals surface area contributed by atoms with Crippen molar-refractivity contribution in [3.8, 4) is 0 Å². The molecule has 0 atom stereocenters. The summed E-state index contributed by atoms with van der Waals surface area (Å²) in [6.07, 6.45) is 0. The lowest BCUT2D eigenvalue weighted by Gasteiger charge is -2.18. The number of carbonyl (C=O) groups excluding carboxylic acids is 1. The second-order valence-electron chi connectivity index (χ2n) is 6.13. The number of anilines is 1. The van der Waals surface area contributed by atoms with Crippen LogP contribution in [0.3, 0.4) is 0 Å². The number of aryl methyl sites for hydroxylation is 1. The van der Waals surface area contributed by atoms with Crippen LogP contribution >= 0.6 is 11.3 Å². The van der Waals surface area contributed by atoms with Crippen molar-refractivity contribution in [2.75, 3.05) is 17.1 Å². The Morgan fingerprint density at radius 3 is 2.33 bits per heavy atom. The second-order valence-corrected chi connectivity index (χ2v) is 9.08. The van der Waals surface area contributed by atoms with Gasteiger partial charge in [-0.3, -0.25) is 4.72 Å². The third kappa shape index (κ3) is 5.00. The summed E-state index contributed by atoms with van der Waals surface area (Å²) in [6.45, 7) is 11.2. The normalized spacial score (nSPS) is 12.3. The van der Waals surface area contributed by atoms with Gasteiger partial charge >= 0.3 is 5.97 Å². The van der Waals surface area contributed by atoms with E-state index in [1.165, 1.54) is 11.3 Å². The van der Waals surface area contributed by atoms with Crippen molar-refractivity contribution in [1.29, 1.82) is 0 Å². The van der Waals surface area contributed by atoms with Gasteiger partial charge in [-0.2, -0.15) is 0 Å². The molecule has 0 fully saturated rings. The van der Waals surface area contributed by atoms with E-state index in [0.29, 0.717) is 10.6 Å². The molecule has 0 bridgehead atoms. The van der Waals surface area contributed by atoms with Gasteiger partial charge in [-0.1, -0.05) is 20.8 Å². The van der Waals surface area contributed by atoms with Crippen LogP contribution < -0.4 is 4.72 Å². The van der Waals surface area contributed by atoms with E-state index in [1.807, 2.05) is 27.7 Å². The molecule has 1 N–H and O–H groups in total. The van der Waals surface area contributed by atoms with Crippen molar-refractivity contribution in [1.82, 2.24) is 0 Å². The van der Waals surface area contributed by atoms with Gasteiger partial charge in [0.2, 0.25) is 10.0 Å². The average Bonchev–Trinajstić information content (AvgIpc) is 2.50. The first kappa shape index (κ1) is 18.0. The number of nitrogens with one attached hydrogen (secondary N) is 1. The maximum absolute atomic E-state index is 12.2. The third-order valence-electron chi connectivity index (χ3n) is 2.74. The lowest BCUT2D eigenvalue weighted by atomic mass is 10.0. The van der Waals surface area contributed by atoms with E-state index < -0.39 is 16.0 Å². The minimum absolute atomic E-state index is 0.0156. The predicted octanol–water partition coefficient (Wildman–Crippen LogP) is 3.33. The number of hydrogen-bond acceptors (Lipinski definition) is 5. The van der Waals surface area contributed by atoms with Crippen LogP contribution in [0.1, 0.15) is 48.5 Å². The van der Waals surface area contributed by atoms with Gasteiger partial charge in [0, 0.05) is 4.88 Å². The van der Waals surface area contributed by atoms with Crippen molar-refractivity contribution in [3.05, 3.63) is 16.0 Å². The molecule has 1 heterocycles. The lowest BCUT2D eigenvalue weighted by molar-refractivity contribution is 0.0527. The minimum Gasteiger partial charge on any atom is -0.462 e. The first-order valence-electron chi connectivity index (χ1n) is 6.74. The molecular formula is C14H23NO4S2. The largest absolute Gasteiger partial charge is 0.462 e. The van der Waals surface area contributed by atoms with Gasteiger partial charge in [-0.05, 0) is 31.7 Å². The van der Waals surface area contributed by atoms with Gasteiger partial charge in [0.05, 0.1) is 17.9 Å². The number of sulfonamides is 1. The summed E-state index contributed by atoms with van der Waals surface area (Å²) >= 11 is 1.26. The van der Waals surface area contributed by atoms with Crippen LogP contribution in [-0.4, -0.2) is 26.7 Å². The van der Waals surface area contributed by atoms with Crippen LogP contribution in [0.2, 0.25) is 0 Å². The average molecular weight is 333 g/mol. The quantitative estimate of drug-likeness (QED) is 0.839. The van der Waals surface area contributed by atoms with E-state index in [2.05, 4.69) is 4.72 Å². The van der Waals surface area contributed by atoms with E-state index in [9.17, 15) is 13.2 Å². The molecule has 0 aliphatic carbocycles. The van der Waals surface area contributed by atoms with Crippen molar-refractivity contribution in [2.45, 2.75) is 41.5 Å². The van der Waals surface area contributed by atoms with Crippen LogP contribution in [-0.2, 0) is 14.8 Å². The predicted molar refractivity (Wildman–Crippen MR) is 86.6 cm³/mol. The first-order valence-corrected chi connectivity index (χ1v) is 9.21. The number of hydrogen-bond donors (Lipinski definition) is 1. The van der Waals surface area contributed by atoms with Gasteiger partial charge in [-0.15, -0.1) is 11.3 Å². The van der Waals surface area contributed by atoms with Crippen LogP contribution in [0.25, 0.3) is 0 Å². The van der Waals surface area contributed by atoms with Gasteiger partial charge in [-0.25, -0.2) is 13.2 Å². The summed E-state index contributed by atoms with van der Waals surface area (Å²) in [6, 6.07) is 0. The summed E-state index contributed by atoms with van der Waals surface area (Å²) in [5.74, 6) is -0.508. The number of ether oxygens (including phenoxy) is 1. The zero-order chi connectivity index (χ0) is 16.4. The molecule has 0 aliphatic rings. The van der Waals surface area contributed by atoms with E-state index >= 15 is 0 Å².